The van der Waals surface area contributed by atoms with Crippen LogP contribution < -0.4 is 4.74 Å². The molecule has 0 aliphatic heterocycles. The fraction of sp³-hybridized carbons (Fsp3) is 0. The topological polar surface area (TPSA) is 39.2 Å². The third-order valence-corrected chi connectivity index (χ3v) is 5.07. The Hall–Kier alpha value is -3.24. The van der Waals surface area contributed by atoms with E-state index < -0.39 is 0 Å². The first-order valence-electron chi connectivity index (χ1n) is 8.13. The van der Waals surface area contributed by atoms with Crippen molar-refractivity contribution in [3.8, 4) is 16.3 Å². The second kappa shape index (κ2) is 6.94. The van der Waals surface area contributed by atoms with Gasteiger partial charge in [0.15, 0.2) is 0 Å². The number of hydrogen-bond acceptors (Lipinski definition) is 4. The standard InChI is InChI=1S/C22H15NO2S/c1-2-15-7-9-17(10-8-15)22(24)25-18-13-11-16(12-14-18)21-23-19-5-3-4-6-20(19)26-21/h2-14H,1H2. The lowest BCUT2D eigenvalue weighted by Gasteiger charge is -2.05. The molecule has 0 saturated carbocycles. The summed E-state index contributed by atoms with van der Waals surface area (Å²) in [6, 6.07) is 22.6. The molecule has 0 N–H and O–H groups in total. The van der Waals surface area contributed by atoms with E-state index >= 15 is 0 Å². The average Bonchev–Trinajstić information content (AvgIpc) is 3.13. The van der Waals surface area contributed by atoms with E-state index in [1.807, 2.05) is 42.5 Å². The number of benzene rings is 3. The number of para-hydroxylation sites is 1. The zero-order chi connectivity index (χ0) is 17.9. The maximum Gasteiger partial charge on any atom is 0.343 e. The lowest BCUT2D eigenvalue weighted by molar-refractivity contribution is 0.0735. The maximum absolute atomic E-state index is 12.2. The number of aromatic nitrogens is 1. The molecule has 0 aliphatic rings. The van der Waals surface area contributed by atoms with Crippen LogP contribution in [0.5, 0.6) is 5.75 Å². The van der Waals surface area contributed by atoms with Crippen molar-refractivity contribution in [1.82, 2.24) is 4.98 Å². The van der Waals surface area contributed by atoms with Crippen LogP contribution in [0.4, 0.5) is 0 Å². The minimum atomic E-state index is -0.381. The van der Waals surface area contributed by atoms with Gasteiger partial charge in [-0.3, -0.25) is 0 Å². The van der Waals surface area contributed by atoms with E-state index in [1.165, 1.54) is 0 Å². The lowest BCUT2D eigenvalue weighted by Crippen LogP contribution is -2.08. The summed E-state index contributed by atoms with van der Waals surface area (Å²) in [5.41, 5.74) is 3.46. The van der Waals surface area contributed by atoms with Crippen LogP contribution in [0.3, 0.4) is 0 Å². The number of fused-ring (bicyclic) bond motifs is 1. The van der Waals surface area contributed by atoms with Crippen LogP contribution in [0.1, 0.15) is 15.9 Å². The molecule has 0 unspecified atom stereocenters. The third-order valence-electron chi connectivity index (χ3n) is 3.99. The summed E-state index contributed by atoms with van der Waals surface area (Å²) >= 11 is 1.64. The third kappa shape index (κ3) is 3.27. The molecule has 1 heterocycles. The minimum absolute atomic E-state index is 0.381. The highest BCUT2D eigenvalue weighted by Gasteiger charge is 2.10. The smallest absolute Gasteiger partial charge is 0.343 e. The van der Waals surface area contributed by atoms with E-state index in [0.29, 0.717) is 11.3 Å². The van der Waals surface area contributed by atoms with Crippen molar-refractivity contribution < 1.29 is 9.53 Å². The van der Waals surface area contributed by atoms with Gasteiger partial charge in [0.1, 0.15) is 10.8 Å². The number of carbonyl (C=O) groups excluding carboxylic acids is 1. The number of thiazole rings is 1. The molecule has 0 amide bonds. The monoisotopic (exact) mass is 357 g/mol. The number of nitrogens with zero attached hydrogens (tertiary/aromatic N) is 1. The highest BCUT2D eigenvalue weighted by Crippen LogP contribution is 2.31. The van der Waals surface area contributed by atoms with Gasteiger partial charge in [0.2, 0.25) is 0 Å². The summed E-state index contributed by atoms with van der Waals surface area (Å²) in [4.78, 5) is 16.9. The molecule has 26 heavy (non-hydrogen) atoms. The quantitative estimate of drug-likeness (QED) is 0.341. The SMILES string of the molecule is C=Cc1ccc(C(=O)Oc2ccc(-c3nc4ccccc4s3)cc2)cc1. The van der Waals surface area contributed by atoms with Crippen LogP contribution in [-0.2, 0) is 0 Å². The number of ether oxygens (including phenoxy) is 1. The van der Waals surface area contributed by atoms with Gasteiger partial charge in [-0.2, -0.15) is 0 Å². The van der Waals surface area contributed by atoms with Gasteiger partial charge in [-0.05, 0) is 54.1 Å². The van der Waals surface area contributed by atoms with Crippen LogP contribution in [0.15, 0.2) is 79.4 Å². The van der Waals surface area contributed by atoms with Gasteiger partial charge in [0.05, 0.1) is 15.8 Å². The predicted molar refractivity (Wildman–Crippen MR) is 107 cm³/mol. The van der Waals surface area contributed by atoms with E-state index in [9.17, 15) is 4.79 Å². The Kier molecular flexibility index (Phi) is 4.33. The first kappa shape index (κ1) is 16.2. The molecule has 4 rings (SSSR count). The van der Waals surface area contributed by atoms with Crippen LogP contribution in [0.2, 0.25) is 0 Å². The zero-order valence-electron chi connectivity index (χ0n) is 13.9. The van der Waals surface area contributed by atoms with E-state index in [0.717, 1.165) is 26.4 Å². The van der Waals surface area contributed by atoms with E-state index in [1.54, 1.807) is 41.7 Å². The zero-order valence-corrected chi connectivity index (χ0v) is 14.7. The Morgan fingerprint density at radius 2 is 1.69 bits per heavy atom. The van der Waals surface area contributed by atoms with E-state index in [-0.39, 0.29) is 5.97 Å². The fourth-order valence-electron chi connectivity index (χ4n) is 2.58. The number of esters is 1. The Labute approximate surface area is 155 Å². The van der Waals surface area contributed by atoms with Crippen molar-refractivity contribution in [2.45, 2.75) is 0 Å². The van der Waals surface area contributed by atoms with Gasteiger partial charge >= 0.3 is 5.97 Å². The highest BCUT2D eigenvalue weighted by molar-refractivity contribution is 7.21. The maximum atomic E-state index is 12.2. The second-order valence-electron chi connectivity index (χ2n) is 5.73. The number of hydrogen-bond donors (Lipinski definition) is 0. The Bertz CT molecular complexity index is 1050. The van der Waals surface area contributed by atoms with Gasteiger partial charge in [0, 0.05) is 5.56 Å². The molecule has 4 aromatic rings. The van der Waals surface area contributed by atoms with Gasteiger partial charge in [-0.25, -0.2) is 9.78 Å². The first-order valence-corrected chi connectivity index (χ1v) is 8.95. The first-order chi connectivity index (χ1) is 12.7. The van der Waals surface area contributed by atoms with Crippen LogP contribution >= 0.6 is 11.3 Å². The van der Waals surface area contributed by atoms with Crippen molar-refractivity contribution in [3.05, 3.63) is 90.5 Å². The van der Waals surface area contributed by atoms with Crippen LogP contribution in [0, 0.1) is 0 Å². The summed E-state index contributed by atoms with van der Waals surface area (Å²) in [5.74, 6) is 0.126. The molecule has 126 valence electrons. The molecule has 1 aromatic heterocycles. The number of carbonyl (C=O) groups is 1. The molecular weight excluding hydrogens is 342 g/mol. The van der Waals surface area contributed by atoms with Gasteiger partial charge in [-0.1, -0.05) is 36.9 Å². The van der Waals surface area contributed by atoms with E-state index in [2.05, 4.69) is 17.6 Å². The molecular formula is C22H15NO2S. The lowest BCUT2D eigenvalue weighted by atomic mass is 10.1. The molecule has 0 atom stereocenters. The van der Waals surface area contributed by atoms with Crippen molar-refractivity contribution in [2.75, 3.05) is 0 Å². The average molecular weight is 357 g/mol. The van der Waals surface area contributed by atoms with Crippen molar-refractivity contribution in [1.29, 1.82) is 0 Å². The summed E-state index contributed by atoms with van der Waals surface area (Å²) in [7, 11) is 0. The summed E-state index contributed by atoms with van der Waals surface area (Å²) in [5, 5.41) is 0.948. The molecule has 0 spiro atoms. The molecule has 0 bridgehead atoms. The van der Waals surface area contributed by atoms with Gasteiger partial charge < -0.3 is 4.74 Å². The molecule has 0 fully saturated rings. The molecule has 4 heteroatoms. The molecule has 0 aliphatic carbocycles. The van der Waals surface area contributed by atoms with Crippen LogP contribution in [0.25, 0.3) is 26.9 Å². The predicted octanol–water partition coefficient (Wildman–Crippen LogP) is 5.83. The molecule has 3 nitrogen and oxygen atoms in total. The van der Waals surface area contributed by atoms with Crippen molar-refractivity contribution in [2.24, 2.45) is 0 Å². The highest BCUT2D eigenvalue weighted by atomic mass is 32.1. The summed E-state index contributed by atoms with van der Waals surface area (Å²) < 4.78 is 6.60. The molecule has 0 saturated heterocycles. The Morgan fingerprint density at radius 3 is 2.38 bits per heavy atom. The van der Waals surface area contributed by atoms with Crippen molar-refractivity contribution in [3.63, 3.8) is 0 Å². The van der Waals surface area contributed by atoms with E-state index in [4.69, 9.17) is 4.74 Å². The fourth-order valence-corrected chi connectivity index (χ4v) is 3.55. The molecule has 0 radical (unpaired) electrons. The Morgan fingerprint density at radius 1 is 0.962 bits per heavy atom. The normalized spacial score (nSPS) is 10.6. The molecule has 3 aromatic carbocycles. The van der Waals surface area contributed by atoms with Crippen LogP contribution in [-0.4, -0.2) is 11.0 Å². The minimum Gasteiger partial charge on any atom is -0.423 e. The summed E-state index contributed by atoms with van der Waals surface area (Å²) in [6.07, 6.45) is 1.73. The second-order valence-corrected chi connectivity index (χ2v) is 6.76. The van der Waals surface area contributed by atoms with Crippen molar-refractivity contribution >= 4 is 33.6 Å². The summed E-state index contributed by atoms with van der Waals surface area (Å²) in [6.45, 7) is 3.70. The number of rotatable bonds is 4. The largest absolute Gasteiger partial charge is 0.423 e. The Balaban J connectivity index is 1.51. The van der Waals surface area contributed by atoms with Gasteiger partial charge in [0.25, 0.3) is 0 Å². The van der Waals surface area contributed by atoms with Gasteiger partial charge in [-0.15, -0.1) is 11.3 Å².